The van der Waals surface area contributed by atoms with Crippen LogP contribution in [-0.2, 0) is 4.79 Å². The summed E-state index contributed by atoms with van der Waals surface area (Å²) >= 11 is 0. The molecule has 0 unspecified atom stereocenters. The molecule has 2 aromatic carbocycles. The van der Waals surface area contributed by atoms with Crippen molar-refractivity contribution in [2.45, 2.75) is 6.92 Å². The Labute approximate surface area is 133 Å². The molecule has 0 aliphatic carbocycles. The van der Waals surface area contributed by atoms with Crippen LogP contribution >= 0.6 is 0 Å². The zero-order valence-corrected chi connectivity index (χ0v) is 12.8. The van der Waals surface area contributed by atoms with Gasteiger partial charge in [-0.3, -0.25) is 9.59 Å². The van der Waals surface area contributed by atoms with Gasteiger partial charge in [0.05, 0.1) is 7.11 Å². The fraction of sp³-hybridized carbons (Fsp3) is 0.176. The first-order valence-electron chi connectivity index (χ1n) is 6.85. The quantitative estimate of drug-likeness (QED) is 0.832. The van der Waals surface area contributed by atoms with Gasteiger partial charge in [0.25, 0.3) is 5.91 Å². The Kier molecular flexibility index (Phi) is 5.30. The van der Waals surface area contributed by atoms with Gasteiger partial charge in [0.1, 0.15) is 12.1 Å². The molecule has 0 heterocycles. The van der Waals surface area contributed by atoms with E-state index < -0.39 is 11.7 Å². The van der Waals surface area contributed by atoms with Crippen molar-refractivity contribution in [2.75, 3.05) is 19.0 Å². The standard InChI is InChI=1S/C17H16FNO4/c1-11-3-5-13(8-14(11)18)19-17(21)10-23-15-6-4-12(9-20)7-16(15)22-2/h3-9H,10H2,1-2H3,(H,19,21). The van der Waals surface area contributed by atoms with E-state index in [-0.39, 0.29) is 6.61 Å². The number of methoxy groups -OCH3 is 1. The van der Waals surface area contributed by atoms with E-state index in [9.17, 15) is 14.0 Å². The molecule has 5 nitrogen and oxygen atoms in total. The fourth-order valence-corrected chi connectivity index (χ4v) is 1.89. The van der Waals surface area contributed by atoms with E-state index in [1.54, 1.807) is 31.2 Å². The minimum absolute atomic E-state index is 0.272. The summed E-state index contributed by atoms with van der Waals surface area (Å²) in [6, 6.07) is 9.03. The van der Waals surface area contributed by atoms with Crippen LogP contribution in [0.1, 0.15) is 15.9 Å². The lowest BCUT2D eigenvalue weighted by Crippen LogP contribution is -2.20. The van der Waals surface area contributed by atoms with E-state index in [1.165, 1.54) is 19.2 Å². The number of halogens is 1. The summed E-state index contributed by atoms with van der Waals surface area (Å²) < 4.78 is 23.9. The second-order valence-corrected chi connectivity index (χ2v) is 4.83. The molecule has 0 aromatic heterocycles. The number of aryl methyl sites for hydroxylation is 1. The Bertz CT molecular complexity index is 731. The van der Waals surface area contributed by atoms with E-state index in [0.29, 0.717) is 34.6 Å². The summed E-state index contributed by atoms with van der Waals surface area (Å²) in [5.41, 5.74) is 1.29. The number of hydrogen-bond donors (Lipinski definition) is 1. The van der Waals surface area contributed by atoms with E-state index in [2.05, 4.69) is 5.32 Å². The fourth-order valence-electron chi connectivity index (χ4n) is 1.89. The third kappa shape index (κ3) is 4.29. The summed E-state index contributed by atoms with van der Waals surface area (Å²) in [4.78, 5) is 22.6. The molecule has 0 saturated heterocycles. The first-order chi connectivity index (χ1) is 11.0. The second kappa shape index (κ2) is 7.40. The number of rotatable bonds is 6. The molecule has 2 aromatic rings. The number of anilines is 1. The Morgan fingerprint density at radius 3 is 2.65 bits per heavy atom. The summed E-state index contributed by atoms with van der Waals surface area (Å²) in [6.07, 6.45) is 0.685. The lowest BCUT2D eigenvalue weighted by atomic mass is 10.2. The molecule has 120 valence electrons. The van der Waals surface area contributed by atoms with Crippen LogP contribution in [0.2, 0.25) is 0 Å². The van der Waals surface area contributed by atoms with Crippen molar-refractivity contribution in [1.29, 1.82) is 0 Å². The average Bonchev–Trinajstić information content (AvgIpc) is 2.56. The van der Waals surface area contributed by atoms with E-state index in [0.717, 1.165) is 0 Å². The maximum atomic E-state index is 13.4. The average molecular weight is 317 g/mol. The topological polar surface area (TPSA) is 64.6 Å². The van der Waals surface area contributed by atoms with Gasteiger partial charge in [0.2, 0.25) is 0 Å². The molecule has 0 saturated carbocycles. The van der Waals surface area contributed by atoms with Crippen LogP contribution in [0.15, 0.2) is 36.4 Å². The van der Waals surface area contributed by atoms with Gasteiger partial charge < -0.3 is 14.8 Å². The van der Waals surface area contributed by atoms with Crippen LogP contribution in [0.25, 0.3) is 0 Å². The van der Waals surface area contributed by atoms with Gasteiger partial charge in [-0.25, -0.2) is 4.39 Å². The Morgan fingerprint density at radius 2 is 2.00 bits per heavy atom. The van der Waals surface area contributed by atoms with Gasteiger partial charge in [-0.05, 0) is 42.8 Å². The molecule has 2 rings (SSSR count). The number of nitrogens with one attached hydrogen (secondary N) is 1. The zero-order chi connectivity index (χ0) is 16.8. The van der Waals surface area contributed by atoms with Crippen LogP contribution in [0.3, 0.4) is 0 Å². The maximum absolute atomic E-state index is 13.4. The SMILES string of the molecule is COc1cc(C=O)ccc1OCC(=O)Nc1ccc(C)c(F)c1. The summed E-state index contributed by atoms with van der Waals surface area (Å²) in [5, 5.41) is 2.54. The van der Waals surface area contributed by atoms with Gasteiger partial charge in [-0.15, -0.1) is 0 Å². The highest BCUT2D eigenvalue weighted by Crippen LogP contribution is 2.27. The van der Waals surface area contributed by atoms with E-state index in [1.807, 2.05) is 0 Å². The molecule has 0 radical (unpaired) electrons. The third-order valence-corrected chi connectivity index (χ3v) is 3.14. The zero-order valence-electron chi connectivity index (χ0n) is 12.8. The van der Waals surface area contributed by atoms with Crippen molar-refractivity contribution >= 4 is 17.9 Å². The molecule has 0 fully saturated rings. The molecule has 0 bridgehead atoms. The van der Waals surface area contributed by atoms with E-state index in [4.69, 9.17) is 9.47 Å². The third-order valence-electron chi connectivity index (χ3n) is 3.14. The molecule has 0 aliphatic heterocycles. The van der Waals surface area contributed by atoms with Crippen LogP contribution in [0.4, 0.5) is 10.1 Å². The van der Waals surface area contributed by atoms with Crippen molar-refractivity contribution in [3.63, 3.8) is 0 Å². The minimum Gasteiger partial charge on any atom is -0.493 e. The lowest BCUT2D eigenvalue weighted by molar-refractivity contribution is -0.118. The second-order valence-electron chi connectivity index (χ2n) is 4.83. The molecule has 0 atom stereocenters. The minimum atomic E-state index is -0.435. The van der Waals surface area contributed by atoms with Crippen molar-refractivity contribution in [3.8, 4) is 11.5 Å². The monoisotopic (exact) mass is 317 g/mol. The Balaban J connectivity index is 1.98. The predicted molar refractivity (Wildman–Crippen MR) is 83.6 cm³/mol. The van der Waals surface area contributed by atoms with Gasteiger partial charge in [0.15, 0.2) is 18.1 Å². The highest BCUT2D eigenvalue weighted by Gasteiger charge is 2.09. The number of carbonyl (C=O) groups excluding carboxylic acids is 2. The normalized spacial score (nSPS) is 10.0. The van der Waals surface area contributed by atoms with Gasteiger partial charge in [-0.2, -0.15) is 0 Å². The van der Waals surface area contributed by atoms with Crippen molar-refractivity contribution in [3.05, 3.63) is 53.3 Å². The molecule has 1 amide bonds. The van der Waals surface area contributed by atoms with Crippen molar-refractivity contribution < 1.29 is 23.5 Å². The summed E-state index contributed by atoms with van der Waals surface area (Å²) in [5.74, 6) is -0.142. The van der Waals surface area contributed by atoms with Crippen LogP contribution in [0, 0.1) is 12.7 Å². The highest BCUT2D eigenvalue weighted by atomic mass is 19.1. The first kappa shape index (κ1) is 16.5. The molecule has 1 N–H and O–H groups in total. The van der Waals surface area contributed by atoms with Crippen LogP contribution < -0.4 is 14.8 Å². The van der Waals surface area contributed by atoms with Crippen LogP contribution in [0.5, 0.6) is 11.5 Å². The van der Waals surface area contributed by atoms with Crippen LogP contribution in [-0.4, -0.2) is 25.9 Å². The predicted octanol–water partition coefficient (Wildman–Crippen LogP) is 2.97. The van der Waals surface area contributed by atoms with E-state index >= 15 is 0 Å². The number of ether oxygens (including phenoxy) is 2. The largest absolute Gasteiger partial charge is 0.493 e. The molecule has 0 spiro atoms. The molecular formula is C17H16FNO4. The van der Waals surface area contributed by atoms with Crippen molar-refractivity contribution in [2.24, 2.45) is 0 Å². The number of benzene rings is 2. The molecule has 6 heteroatoms. The Morgan fingerprint density at radius 1 is 1.22 bits per heavy atom. The van der Waals surface area contributed by atoms with Crippen molar-refractivity contribution in [1.82, 2.24) is 0 Å². The number of amides is 1. The number of aldehydes is 1. The lowest BCUT2D eigenvalue weighted by Gasteiger charge is -2.11. The summed E-state index contributed by atoms with van der Waals surface area (Å²) in [7, 11) is 1.44. The van der Waals surface area contributed by atoms with Gasteiger partial charge in [0, 0.05) is 11.3 Å². The summed E-state index contributed by atoms with van der Waals surface area (Å²) in [6.45, 7) is 1.37. The number of carbonyl (C=O) groups is 2. The molecule has 23 heavy (non-hydrogen) atoms. The number of hydrogen-bond acceptors (Lipinski definition) is 4. The Hall–Kier alpha value is -2.89. The maximum Gasteiger partial charge on any atom is 0.262 e. The first-order valence-corrected chi connectivity index (χ1v) is 6.85. The van der Waals surface area contributed by atoms with Gasteiger partial charge >= 0.3 is 0 Å². The van der Waals surface area contributed by atoms with Gasteiger partial charge in [-0.1, -0.05) is 6.07 Å². The molecule has 0 aliphatic rings. The highest BCUT2D eigenvalue weighted by molar-refractivity contribution is 5.92. The molecular weight excluding hydrogens is 301 g/mol. The smallest absolute Gasteiger partial charge is 0.262 e.